The van der Waals surface area contributed by atoms with E-state index in [1.54, 1.807) is 0 Å². The first-order valence-electron chi connectivity index (χ1n) is 7.13. The molecule has 102 valence electrons. The first-order valence-corrected chi connectivity index (χ1v) is 7.13. The zero-order chi connectivity index (χ0) is 13.3. The maximum absolute atomic E-state index is 11.6. The number of aldehydes is 1. The Morgan fingerprint density at radius 2 is 2.32 bits per heavy atom. The number of ether oxygens (including phenoxy) is 1. The number of hydrogen-bond acceptors (Lipinski definition) is 3. The maximum atomic E-state index is 11.6. The van der Waals surface area contributed by atoms with Crippen molar-refractivity contribution >= 4 is 12.0 Å². The molecule has 2 atom stereocenters. The molecule has 0 radical (unpaired) electrons. The van der Waals surface area contributed by atoms with Crippen molar-refractivity contribution in [2.45, 2.75) is 32.2 Å². The summed E-state index contributed by atoms with van der Waals surface area (Å²) in [6, 6.07) is 9.00. The van der Waals surface area contributed by atoms with Crippen LogP contribution in [0.2, 0.25) is 0 Å². The number of carbonyl (C=O) groups is 1. The SMILES string of the molecule is CC1Cc2ccccc2N1CC1(C=O)CCCOC1. The lowest BCUT2D eigenvalue weighted by atomic mass is 9.83. The van der Waals surface area contributed by atoms with Gasteiger partial charge in [0.1, 0.15) is 6.29 Å². The van der Waals surface area contributed by atoms with Gasteiger partial charge in [0.15, 0.2) is 0 Å². The molecule has 3 heteroatoms. The third kappa shape index (κ3) is 2.27. The summed E-state index contributed by atoms with van der Waals surface area (Å²) in [5.74, 6) is 0. The molecule has 0 aliphatic carbocycles. The van der Waals surface area contributed by atoms with Gasteiger partial charge in [-0.15, -0.1) is 0 Å². The molecule has 2 heterocycles. The van der Waals surface area contributed by atoms with Crippen LogP contribution in [0.25, 0.3) is 0 Å². The van der Waals surface area contributed by atoms with E-state index in [1.807, 2.05) is 0 Å². The number of benzene rings is 1. The molecule has 0 bridgehead atoms. The highest BCUT2D eigenvalue weighted by Crippen LogP contribution is 2.36. The lowest BCUT2D eigenvalue weighted by Crippen LogP contribution is -2.46. The summed E-state index contributed by atoms with van der Waals surface area (Å²) in [5, 5.41) is 0. The van der Waals surface area contributed by atoms with Gasteiger partial charge in [-0.1, -0.05) is 18.2 Å². The van der Waals surface area contributed by atoms with E-state index in [2.05, 4.69) is 36.1 Å². The summed E-state index contributed by atoms with van der Waals surface area (Å²) in [6.45, 7) is 4.39. The highest BCUT2D eigenvalue weighted by atomic mass is 16.5. The minimum atomic E-state index is -0.316. The fourth-order valence-electron chi connectivity index (χ4n) is 3.34. The molecule has 2 aliphatic rings. The minimum Gasteiger partial charge on any atom is -0.380 e. The van der Waals surface area contributed by atoms with Crippen LogP contribution in [0, 0.1) is 5.41 Å². The van der Waals surface area contributed by atoms with Crippen LogP contribution >= 0.6 is 0 Å². The third-order valence-corrected chi connectivity index (χ3v) is 4.44. The molecule has 1 aromatic rings. The van der Waals surface area contributed by atoms with Crippen LogP contribution in [0.4, 0.5) is 5.69 Å². The van der Waals surface area contributed by atoms with Gasteiger partial charge in [0.25, 0.3) is 0 Å². The van der Waals surface area contributed by atoms with Gasteiger partial charge >= 0.3 is 0 Å². The number of anilines is 1. The van der Waals surface area contributed by atoms with E-state index in [4.69, 9.17) is 4.74 Å². The lowest BCUT2D eigenvalue weighted by molar-refractivity contribution is -0.122. The number of para-hydroxylation sites is 1. The second-order valence-corrected chi connectivity index (χ2v) is 5.95. The molecule has 0 N–H and O–H groups in total. The van der Waals surface area contributed by atoms with Crippen LogP contribution in [-0.4, -0.2) is 32.1 Å². The van der Waals surface area contributed by atoms with Crippen molar-refractivity contribution in [3.8, 4) is 0 Å². The first kappa shape index (κ1) is 12.7. The van der Waals surface area contributed by atoms with Crippen LogP contribution in [0.15, 0.2) is 24.3 Å². The Morgan fingerprint density at radius 3 is 3.05 bits per heavy atom. The van der Waals surface area contributed by atoms with Crippen molar-refractivity contribution in [1.82, 2.24) is 0 Å². The van der Waals surface area contributed by atoms with Gasteiger partial charge in [0.2, 0.25) is 0 Å². The largest absolute Gasteiger partial charge is 0.380 e. The molecule has 1 aromatic carbocycles. The van der Waals surface area contributed by atoms with Gasteiger partial charge in [-0.2, -0.15) is 0 Å². The second kappa shape index (κ2) is 4.97. The molecule has 2 aliphatic heterocycles. The van der Waals surface area contributed by atoms with Gasteiger partial charge in [0.05, 0.1) is 12.0 Å². The number of nitrogens with zero attached hydrogens (tertiary/aromatic N) is 1. The van der Waals surface area contributed by atoms with Gasteiger partial charge in [-0.3, -0.25) is 0 Å². The van der Waals surface area contributed by atoms with E-state index in [-0.39, 0.29) is 5.41 Å². The predicted molar refractivity (Wildman–Crippen MR) is 75.5 cm³/mol. The van der Waals surface area contributed by atoms with Crippen molar-refractivity contribution in [1.29, 1.82) is 0 Å². The molecule has 1 saturated heterocycles. The van der Waals surface area contributed by atoms with Gasteiger partial charge in [0, 0.05) is 24.9 Å². The van der Waals surface area contributed by atoms with Crippen LogP contribution < -0.4 is 4.90 Å². The normalized spacial score (nSPS) is 30.2. The van der Waals surface area contributed by atoms with Crippen molar-refractivity contribution in [2.24, 2.45) is 5.41 Å². The van der Waals surface area contributed by atoms with Crippen LogP contribution in [-0.2, 0) is 16.0 Å². The number of fused-ring (bicyclic) bond motifs is 1. The zero-order valence-electron chi connectivity index (χ0n) is 11.5. The maximum Gasteiger partial charge on any atom is 0.130 e. The predicted octanol–water partition coefficient (Wildman–Crippen LogP) is 2.43. The van der Waals surface area contributed by atoms with Crippen molar-refractivity contribution in [3.05, 3.63) is 29.8 Å². The molecule has 0 aromatic heterocycles. The minimum absolute atomic E-state index is 0.316. The molecule has 0 amide bonds. The molecule has 3 nitrogen and oxygen atoms in total. The molecule has 19 heavy (non-hydrogen) atoms. The average molecular weight is 259 g/mol. The van der Waals surface area contributed by atoms with Crippen molar-refractivity contribution in [3.63, 3.8) is 0 Å². The van der Waals surface area contributed by atoms with Crippen molar-refractivity contribution in [2.75, 3.05) is 24.7 Å². The molecule has 1 fully saturated rings. The Hall–Kier alpha value is -1.35. The standard InChI is InChI=1S/C16H21NO2/c1-13-9-14-5-2-3-6-15(14)17(13)10-16(11-18)7-4-8-19-12-16/h2-3,5-6,11,13H,4,7-10,12H2,1H3. The topological polar surface area (TPSA) is 29.5 Å². The summed E-state index contributed by atoms with van der Waals surface area (Å²) in [4.78, 5) is 14.0. The monoisotopic (exact) mass is 259 g/mol. The molecule has 3 rings (SSSR count). The van der Waals surface area contributed by atoms with Crippen molar-refractivity contribution < 1.29 is 9.53 Å². The summed E-state index contributed by atoms with van der Waals surface area (Å²) in [6.07, 6.45) is 4.14. The zero-order valence-corrected chi connectivity index (χ0v) is 11.5. The molecular formula is C16H21NO2. The Morgan fingerprint density at radius 1 is 1.47 bits per heavy atom. The van der Waals surface area contributed by atoms with E-state index in [0.717, 1.165) is 38.7 Å². The van der Waals surface area contributed by atoms with Crippen LogP contribution in [0.3, 0.4) is 0 Å². The molecule has 2 unspecified atom stereocenters. The van der Waals surface area contributed by atoms with E-state index in [1.165, 1.54) is 11.3 Å². The molecular weight excluding hydrogens is 238 g/mol. The lowest BCUT2D eigenvalue weighted by Gasteiger charge is -2.38. The van der Waals surface area contributed by atoms with E-state index >= 15 is 0 Å². The highest BCUT2D eigenvalue weighted by Gasteiger charge is 2.38. The van der Waals surface area contributed by atoms with Crippen LogP contribution in [0.5, 0.6) is 0 Å². The fourth-order valence-corrected chi connectivity index (χ4v) is 3.34. The smallest absolute Gasteiger partial charge is 0.130 e. The fraction of sp³-hybridized carbons (Fsp3) is 0.562. The van der Waals surface area contributed by atoms with Gasteiger partial charge in [-0.25, -0.2) is 0 Å². The Bertz CT molecular complexity index is 466. The summed E-state index contributed by atoms with van der Waals surface area (Å²) in [5.41, 5.74) is 2.37. The first-order chi connectivity index (χ1) is 9.24. The quantitative estimate of drug-likeness (QED) is 0.781. The summed E-state index contributed by atoms with van der Waals surface area (Å²) in [7, 11) is 0. The highest BCUT2D eigenvalue weighted by molar-refractivity contribution is 5.65. The number of hydrogen-bond donors (Lipinski definition) is 0. The Labute approximate surface area is 114 Å². The Balaban J connectivity index is 1.84. The summed E-state index contributed by atoms with van der Waals surface area (Å²) < 4.78 is 5.55. The second-order valence-electron chi connectivity index (χ2n) is 5.95. The third-order valence-electron chi connectivity index (χ3n) is 4.44. The number of carbonyl (C=O) groups excluding carboxylic acids is 1. The van der Waals surface area contributed by atoms with Gasteiger partial charge in [-0.05, 0) is 37.8 Å². The van der Waals surface area contributed by atoms with E-state index in [0.29, 0.717) is 12.6 Å². The average Bonchev–Trinajstić information content (AvgIpc) is 2.76. The van der Waals surface area contributed by atoms with E-state index < -0.39 is 0 Å². The van der Waals surface area contributed by atoms with Crippen LogP contribution in [0.1, 0.15) is 25.3 Å². The van der Waals surface area contributed by atoms with Gasteiger partial charge < -0.3 is 14.4 Å². The molecule has 0 saturated carbocycles. The Kier molecular flexibility index (Phi) is 3.31. The van der Waals surface area contributed by atoms with E-state index in [9.17, 15) is 4.79 Å². The molecule has 0 spiro atoms. The summed E-state index contributed by atoms with van der Waals surface area (Å²) >= 11 is 0. The number of rotatable bonds is 3.